The third-order valence-corrected chi connectivity index (χ3v) is 7.48. The first-order valence-electron chi connectivity index (χ1n) is 17.6. The van der Waals surface area contributed by atoms with Crippen molar-refractivity contribution in [3.63, 3.8) is 0 Å². The summed E-state index contributed by atoms with van der Waals surface area (Å²) in [5, 5.41) is 28.2. The van der Waals surface area contributed by atoms with Gasteiger partial charge in [0.1, 0.15) is 19.3 Å². The molecule has 7 N–H and O–H groups in total. The molecule has 284 valence electrons. The van der Waals surface area contributed by atoms with E-state index in [-0.39, 0.29) is 96.1 Å². The van der Waals surface area contributed by atoms with Crippen LogP contribution < -0.4 is 21.3 Å². The van der Waals surface area contributed by atoms with Crippen LogP contribution in [0.25, 0.3) is 5.90 Å². The summed E-state index contributed by atoms with van der Waals surface area (Å²) in [6, 6.07) is -1.14. The molecule has 1 atom stereocenters. The van der Waals surface area contributed by atoms with Crippen LogP contribution in [0.15, 0.2) is 0 Å². The molecule has 0 aromatic rings. The summed E-state index contributed by atoms with van der Waals surface area (Å²) < 4.78 is 10.5. The maximum atomic E-state index is 12.3. The minimum absolute atomic E-state index is 0.0254. The number of ether oxygens (including phenoxy) is 2. The molecule has 0 aliphatic heterocycles. The molecule has 0 aromatic heterocycles. The topological polar surface area (TPSA) is 242 Å². The van der Waals surface area contributed by atoms with E-state index in [2.05, 4.69) is 26.1 Å². The second-order valence-corrected chi connectivity index (χ2v) is 11.8. The standard InChI is InChI=1S/C33H60N5O11/c34-49-26-31(42)36-20-19-35-30(41)25-48-24-23-47-22-21-37-28(39)18-17-27(33(45)46)38-29(40)15-13-11-9-7-5-3-1-2-4-6-8-10-12-14-16-32(43)44/h27,34H,1-26H2,(H,35,41)(H,36,42)(H,37,39)(H,38,40)(H,43,44)(H,45,46)/q-1. The predicted octanol–water partition coefficient (Wildman–Crippen LogP) is 3.03. The van der Waals surface area contributed by atoms with Gasteiger partial charge in [-0.3, -0.25) is 24.0 Å². The SMILES string of the molecule is [NH-]OCC(=O)NCCNC(=O)COCCOCCNC(=O)CCC(NC(=O)CCCCCCCCCCCCCCCCC(=O)O)C(=O)O. The number of carbonyl (C=O) groups excluding carboxylic acids is 4. The van der Waals surface area contributed by atoms with Crippen LogP contribution in [-0.2, 0) is 43.1 Å². The monoisotopic (exact) mass is 702 g/mol. The number of rotatable bonds is 35. The molecule has 0 saturated heterocycles. The van der Waals surface area contributed by atoms with Crippen molar-refractivity contribution in [3.05, 3.63) is 5.90 Å². The van der Waals surface area contributed by atoms with Crippen molar-refractivity contribution in [2.24, 2.45) is 0 Å². The van der Waals surface area contributed by atoms with Crippen LogP contribution in [0, 0.1) is 0 Å². The Balaban J connectivity index is 3.69. The molecular formula is C33H60N5O11-. The summed E-state index contributed by atoms with van der Waals surface area (Å²) in [5.74, 6) is 3.05. The maximum Gasteiger partial charge on any atom is 0.326 e. The largest absolute Gasteiger partial charge is 0.549 e. The van der Waals surface area contributed by atoms with Crippen LogP contribution in [0.2, 0.25) is 0 Å². The highest BCUT2D eigenvalue weighted by Crippen LogP contribution is 2.14. The highest BCUT2D eigenvalue weighted by atomic mass is 16.6. The first-order chi connectivity index (χ1) is 23.6. The van der Waals surface area contributed by atoms with Crippen LogP contribution in [0.1, 0.15) is 116 Å². The number of amides is 4. The van der Waals surface area contributed by atoms with Crippen molar-refractivity contribution < 1.29 is 53.3 Å². The number of carboxylic acids is 2. The summed E-state index contributed by atoms with van der Waals surface area (Å²) in [5.41, 5.74) is 0. The van der Waals surface area contributed by atoms with E-state index in [0.717, 1.165) is 38.5 Å². The first-order valence-corrected chi connectivity index (χ1v) is 17.6. The summed E-state index contributed by atoms with van der Waals surface area (Å²) in [7, 11) is 0. The Morgan fingerprint density at radius 2 is 0.980 bits per heavy atom. The van der Waals surface area contributed by atoms with Gasteiger partial charge in [0.2, 0.25) is 23.6 Å². The molecule has 49 heavy (non-hydrogen) atoms. The minimum Gasteiger partial charge on any atom is -0.549 e. The van der Waals surface area contributed by atoms with Gasteiger partial charge in [-0.25, -0.2) is 4.79 Å². The second kappa shape index (κ2) is 33.2. The van der Waals surface area contributed by atoms with Gasteiger partial charge >= 0.3 is 11.9 Å². The lowest BCUT2D eigenvalue weighted by molar-refractivity contribution is -0.142. The maximum absolute atomic E-state index is 12.3. The molecule has 0 aliphatic rings. The van der Waals surface area contributed by atoms with Crippen LogP contribution >= 0.6 is 0 Å². The summed E-state index contributed by atoms with van der Waals surface area (Å²) in [6.07, 6.45) is 15.5. The fourth-order valence-corrected chi connectivity index (χ4v) is 4.79. The van der Waals surface area contributed by atoms with Crippen molar-refractivity contribution in [1.29, 1.82) is 0 Å². The third-order valence-electron chi connectivity index (χ3n) is 7.48. The Bertz CT molecular complexity index is 923. The molecular weight excluding hydrogens is 642 g/mol. The molecule has 0 spiro atoms. The average Bonchev–Trinajstić information content (AvgIpc) is 3.05. The van der Waals surface area contributed by atoms with E-state index in [1.807, 2.05) is 0 Å². The fraction of sp³-hybridized carbons (Fsp3) is 0.818. The Kier molecular flexibility index (Phi) is 30.9. The molecule has 0 aromatic carbocycles. The molecule has 0 saturated carbocycles. The van der Waals surface area contributed by atoms with E-state index in [1.165, 1.54) is 44.9 Å². The number of carboxylic acid groups (broad SMARTS) is 2. The number of hydrogen-bond acceptors (Lipinski definition) is 9. The van der Waals surface area contributed by atoms with Crippen molar-refractivity contribution in [2.75, 3.05) is 52.7 Å². The van der Waals surface area contributed by atoms with Gasteiger partial charge in [0.25, 0.3) is 0 Å². The quantitative estimate of drug-likeness (QED) is 0.0414. The Labute approximate surface area is 290 Å². The summed E-state index contributed by atoms with van der Waals surface area (Å²) in [4.78, 5) is 73.1. The highest BCUT2D eigenvalue weighted by molar-refractivity contribution is 5.84. The predicted molar refractivity (Wildman–Crippen MR) is 181 cm³/mol. The van der Waals surface area contributed by atoms with Crippen molar-refractivity contribution >= 4 is 35.6 Å². The van der Waals surface area contributed by atoms with Crippen molar-refractivity contribution in [1.82, 2.24) is 21.3 Å². The van der Waals surface area contributed by atoms with Gasteiger partial charge in [-0.05, 0) is 19.3 Å². The Hall–Kier alpha value is -3.34. The molecule has 0 radical (unpaired) electrons. The molecule has 0 fully saturated rings. The molecule has 16 nitrogen and oxygen atoms in total. The third kappa shape index (κ3) is 33.0. The van der Waals surface area contributed by atoms with E-state index in [4.69, 9.17) is 20.5 Å². The number of unbranched alkanes of at least 4 members (excludes halogenated alkanes) is 13. The van der Waals surface area contributed by atoms with Crippen LogP contribution in [0.3, 0.4) is 0 Å². The Morgan fingerprint density at radius 1 is 0.510 bits per heavy atom. The lowest BCUT2D eigenvalue weighted by Crippen LogP contribution is -2.41. The van der Waals surface area contributed by atoms with Gasteiger partial charge in [0, 0.05) is 38.9 Å². The van der Waals surface area contributed by atoms with Gasteiger partial charge in [0.15, 0.2) is 0 Å². The first kappa shape index (κ1) is 45.7. The number of carbonyl (C=O) groups is 6. The normalized spacial score (nSPS) is 11.4. The minimum atomic E-state index is -1.18. The van der Waals surface area contributed by atoms with E-state index in [1.54, 1.807) is 0 Å². The van der Waals surface area contributed by atoms with Gasteiger partial charge < -0.3 is 51.7 Å². The van der Waals surface area contributed by atoms with Crippen LogP contribution in [-0.4, -0.2) is 104 Å². The van der Waals surface area contributed by atoms with Crippen molar-refractivity contribution in [2.45, 2.75) is 122 Å². The van der Waals surface area contributed by atoms with E-state index in [0.29, 0.717) is 6.42 Å². The zero-order chi connectivity index (χ0) is 36.4. The Morgan fingerprint density at radius 3 is 1.49 bits per heavy atom. The smallest absolute Gasteiger partial charge is 0.326 e. The van der Waals surface area contributed by atoms with E-state index < -0.39 is 23.9 Å². The number of nitrogens with one attached hydrogen (secondary N) is 5. The van der Waals surface area contributed by atoms with Gasteiger partial charge in [0.05, 0.1) is 19.8 Å². The number of aliphatic carboxylic acids is 2. The molecule has 0 aliphatic carbocycles. The molecule has 1 unspecified atom stereocenters. The lowest BCUT2D eigenvalue weighted by atomic mass is 10.0. The molecule has 16 heteroatoms. The second-order valence-electron chi connectivity index (χ2n) is 11.8. The van der Waals surface area contributed by atoms with E-state index >= 15 is 0 Å². The van der Waals surface area contributed by atoms with E-state index in [9.17, 15) is 33.9 Å². The van der Waals surface area contributed by atoms with Gasteiger partial charge in [-0.2, -0.15) is 0 Å². The average molecular weight is 703 g/mol. The molecule has 4 amide bonds. The van der Waals surface area contributed by atoms with Crippen molar-refractivity contribution in [3.8, 4) is 0 Å². The van der Waals surface area contributed by atoms with Crippen LogP contribution in [0.5, 0.6) is 0 Å². The van der Waals surface area contributed by atoms with Gasteiger partial charge in [-0.1, -0.05) is 77.0 Å². The van der Waals surface area contributed by atoms with Crippen LogP contribution in [0.4, 0.5) is 0 Å². The van der Waals surface area contributed by atoms with Gasteiger partial charge in [-0.15, -0.1) is 0 Å². The zero-order valence-electron chi connectivity index (χ0n) is 29.0. The zero-order valence-corrected chi connectivity index (χ0v) is 29.0. The highest BCUT2D eigenvalue weighted by Gasteiger charge is 2.20. The number of hydrogen-bond donors (Lipinski definition) is 6. The fourth-order valence-electron chi connectivity index (χ4n) is 4.79. The molecule has 0 rings (SSSR count). The lowest BCUT2D eigenvalue weighted by Gasteiger charge is -2.14. The summed E-state index contributed by atoms with van der Waals surface area (Å²) in [6.45, 7) is 0.589. The molecule has 0 heterocycles. The molecule has 0 bridgehead atoms. The summed E-state index contributed by atoms with van der Waals surface area (Å²) >= 11 is 0.